The van der Waals surface area contributed by atoms with Crippen LogP contribution in [0.3, 0.4) is 0 Å². The van der Waals surface area contributed by atoms with Crippen molar-refractivity contribution in [2.75, 3.05) is 32.8 Å². The van der Waals surface area contributed by atoms with Crippen LogP contribution in [0.1, 0.15) is 31.2 Å². The summed E-state index contributed by atoms with van der Waals surface area (Å²) in [6.45, 7) is 4.05. The molecule has 1 amide bonds. The fraction of sp³-hybridized carbons (Fsp3) is 0.588. The molecule has 0 radical (unpaired) electrons. The molecule has 1 saturated heterocycles. The molecule has 22 heavy (non-hydrogen) atoms. The Morgan fingerprint density at radius 3 is 2.59 bits per heavy atom. The fourth-order valence-electron chi connectivity index (χ4n) is 2.61. The number of carbonyl (C=O) groups is 1. The molecule has 0 spiro atoms. The second-order valence-electron chi connectivity index (χ2n) is 5.69. The predicted octanol–water partition coefficient (Wildman–Crippen LogP) is 1.55. The van der Waals surface area contributed by atoms with E-state index >= 15 is 0 Å². The Labute approximate surface area is 132 Å². The summed E-state index contributed by atoms with van der Waals surface area (Å²) in [4.78, 5) is 13.3. The number of nitrogens with one attached hydrogen (secondary N) is 1. The third-order valence-electron chi connectivity index (χ3n) is 3.83. The van der Waals surface area contributed by atoms with Crippen LogP contribution in [-0.2, 0) is 11.3 Å². The van der Waals surface area contributed by atoms with Gasteiger partial charge in [0.05, 0.1) is 6.61 Å². The van der Waals surface area contributed by atoms with Crippen LogP contribution in [0.4, 0.5) is 0 Å². The number of piperidine rings is 1. The first kappa shape index (κ1) is 16.8. The summed E-state index contributed by atoms with van der Waals surface area (Å²) in [6, 6.07) is 8.26. The van der Waals surface area contributed by atoms with Crippen LogP contribution in [0.15, 0.2) is 24.3 Å². The number of aliphatic hydroxyl groups is 1. The SMILES string of the molecule is O=C(CO)NCCCOc1ccc(CN2CCCCC2)cc1. The Morgan fingerprint density at radius 2 is 1.91 bits per heavy atom. The molecule has 1 heterocycles. The average molecular weight is 306 g/mol. The van der Waals surface area contributed by atoms with Gasteiger partial charge in [0.1, 0.15) is 12.4 Å². The van der Waals surface area contributed by atoms with Gasteiger partial charge in [0.15, 0.2) is 0 Å². The molecule has 1 aliphatic rings. The Balaban J connectivity index is 1.64. The second-order valence-corrected chi connectivity index (χ2v) is 5.69. The maximum Gasteiger partial charge on any atom is 0.245 e. The third-order valence-corrected chi connectivity index (χ3v) is 3.83. The number of benzene rings is 1. The van der Waals surface area contributed by atoms with Gasteiger partial charge in [-0.05, 0) is 50.0 Å². The average Bonchev–Trinajstić information content (AvgIpc) is 2.57. The van der Waals surface area contributed by atoms with Crippen molar-refractivity contribution in [1.82, 2.24) is 10.2 Å². The summed E-state index contributed by atoms with van der Waals surface area (Å²) >= 11 is 0. The van der Waals surface area contributed by atoms with Gasteiger partial charge < -0.3 is 15.2 Å². The highest BCUT2D eigenvalue weighted by atomic mass is 16.5. The van der Waals surface area contributed by atoms with Gasteiger partial charge in [0.25, 0.3) is 0 Å². The first-order valence-electron chi connectivity index (χ1n) is 8.09. The van der Waals surface area contributed by atoms with Gasteiger partial charge in [-0.25, -0.2) is 0 Å². The lowest BCUT2D eigenvalue weighted by molar-refractivity contribution is -0.123. The first-order valence-corrected chi connectivity index (χ1v) is 8.09. The summed E-state index contributed by atoms with van der Waals surface area (Å²) in [5, 5.41) is 11.2. The summed E-state index contributed by atoms with van der Waals surface area (Å²) in [7, 11) is 0. The van der Waals surface area contributed by atoms with E-state index in [0.717, 1.165) is 18.7 Å². The molecule has 1 fully saturated rings. The molecule has 1 aromatic rings. The highest BCUT2D eigenvalue weighted by Gasteiger charge is 2.10. The lowest BCUT2D eigenvalue weighted by Crippen LogP contribution is -2.29. The van der Waals surface area contributed by atoms with Crippen molar-refractivity contribution in [3.8, 4) is 5.75 Å². The number of nitrogens with zero attached hydrogens (tertiary/aromatic N) is 1. The van der Waals surface area contributed by atoms with Crippen LogP contribution in [0, 0.1) is 0 Å². The minimum Gasteiger partial charge on any atom is -0.494 e. The van der Waals surface area contributed by atoms with E-state index < -0.39 is 6.61 Å². The largest absolute Gasteiger partial charge is 0.494 e. The number of ether oxygens (including phenoxy) is 1. The summed E-state index contributed by atoms with van der Waals surface area (Å²) in [5.74, 6) is 0.512. The molecular formula is C17H26N2O3. The zero-order chi connectivity index (χ0) is 15.6. The molecule has 2 rings (SSSR count). The van der Waals surface area contributed by atoms with Gasteiger partial charge in [-0.3, -0.25) is 9.69 Å². The van der Waals surface area contributed by atoms with Gasteiger partial charge >= 0.3 is 0 Å². The number of amides is 1. The monoisotopic (exact) mass is 306 g/mol. The molecule has 0 unspecified atom stereocenters. The molecule has 0 atom stereocenters. The molecule has 0 saturated carbocycles. The Hall–Kier alpha value is -1.59. The van der Waals surface area contributed by atoms with Crippen molar-refractivity contribution in [2.24, 2.45) is 0 Å². The fourth-order valence-corrected chi connectivity index (χ4v) is 2.61. The molecule has 0 aliphatic carbocycles. The topological polar surface area (TPSA) is 61.8 Å². The van der Waals surface area contributed by atoms with E-state index in [9.17, 15) is 4.79 Å². The minimum absolute atomic E-state index is 0.345. The minimum atomic E-state index is -0.459. The summed E-state index contributed by atoms with van der Waals surface area (Å²) in [5.41, 5.74) is 1.32. The predicted molar refractivity (Wildman–Crippen MR) is 85.8 cm³/mol. The first-order chi connectivity index (χ1) is 10.8. The van der Waals surface area contributed by atoms with E-state index in [4.69, 9.17) is 9.84 Å². The van der Waals surface area contributed by atoms with Crippen LogP contribution in [0.25, 0.3) is 0 Å². The Morgan fingerprint density at radius 1 is 1.18 bits per heavy atom. The molecule has 5 nitrogen and oxygen atoms in total. The molecular weight excluding hydrogens is 280 g/mol. The third kappa shape index (κ3) is 6.03. The number of rotatable bonds is 8. The van der Waals surface area contributed by atoms with E-state index in [1.54, 1.807) is 0 Å². The van der Waals surface area contributed by atoms with Gasteiger partial charge in [0.2, 0.25) is 5.91 Å². The van der Waals surface area contributed by atoms with Crippen molar-refractivity contribution in [2.45, 2.75) is 32.2 Å². The van der Waals surface area contributed by atoms with Gasteiger partial charge in [-0.1, -0.05) is 18.6 Å². The van der Waals surface area contributed by atoms with Crippen LogP contribution in [-0.4, -0.2) is 48.8 Å². The van der Waals surface area contributed by atoms with Crippen molar-refractivity contribution < 1.29 is 14.6 Å². The van der Waals surface area contributed by atoms with E-state index in [0.29, 0.717) is 13.2 Å². The van der Waals surface area contributed by atoms with Gasteiger partial charge in [-0.2, -0.15) is 0 Å². The quantitative estimate of drug-likeness (QED) is 0.715. The molecule has 2 N–H and O–H groups in total. The highest BCUT2D eigenvalue weighted by molar-refractivity contribution is 5.76. The van der Waals surface area contributed by atoms with Crippen LogP contribution >= 0.6 is 0 Å². The Kier molecular flexibility index (Phi) is 7.19. The normalized spacial score (nSPS) is 15.5. The molecule has 1 aliphatic heterocycles. The highest BCUT2D eigenvalue weighted by Crippen LogP contribution is 2.16. The summed E-state index contributed by atoms with van der Waals surface area (Å²) < 4.78 is 5.64. The van der Waals surface area contributed by atoms with E-state index in [2.05, 4.69) is 22.3 Å². The van der Waals surface area contributed by atoms with Crippen molar-refractivity contribution in [3.63, 3.8) is 0 Å². The van der Waals surface area contributed by atoms with Crippen LogP contribution in [0.5, 0.6) is 5.75 Å². The Bertz CT molecular complexity index is 442. The summed E-state index contributed by atoms with van der Waals surface area (Å²) in [6.07, 6.45) is 4.71. The zero-order valence-corrected chi connectivity index (χ0v) is 13.1. The van der Waals surface area contributed by atoms with Gasteiger partial charge in [0, 0.05) is 13.1 Å². The number of hydrogen-bond acceptors (Lipinski definition) is 4. The smallest absolute Gasteiger partial charge is 0.245 e. The van der Waals surface area contributed by atoms with Crippen molar-refractivity contribution >= 4 is 5.91 Å². The standard InChI is InChI=1S/C17H26N2O3/c20-14-17(21)18-9-4-12-22-16-7-5-15(6-8-16)13-19-10-2-1-3-11-19/h5-8,20H,1-4,9-14H2,(H,18,21). The zero-order valence-electron chi connectivity index (χ0n) is 13.1. The van der Waals surface area contributed by atoms with Crippen molar-refractivity contribution in [1.29, 1.82) is 0 Å². The maximum absolute atomic E-state index is 10.8. The molecule has 0 bridgehead atoms. The lowest BCUT2D eigenvalue weighted by atomic mass is 10.1. The molecule has 1 aromatic carbocycles. The second kappa shape index (κ2) is 9.43. The number of hydrogen-bond donors (Lipinski definition) is 2. The molecule has 5 heteroatoms. The lowest BCUT2D eigenvalue weighted by Gasteiger charge is -2.26. The molecule has 0 aromatic heterocycles. The van der Waals surface area contributed by atoms with Crippen LogP contribution < -0.4 is 10.1 Å². The van der Waals surface area contributed by atoms with Gasteiger partial charge in [-0.15, -0.1) is 0 Å². The number of carbonyl (C=O) groups excluding carboxylic acids is 1. The van der Waals surface area contributed by atoms with E-state index in [-0.39, 0.29) is 5.91 Å². The van der Waals surface area contributed by atoms with E-state index in [1.165, 1.54) is 37.9 Å². The van der Waals surface area contributed by atoms with Crippen LogP contribution in [0.2, 0.25) is 0 Å². The molecule has 122 valence electrons. The number of aliphatic hydroxyl groups excluding tert-OH is 1. The number of likely N-dealkylation sites (tertiary alicyclic amines) is 1. The van der Waals surface area contributed by atoms with E-state index in [1.807, 2.05) is 12.1 Å². The maximum atomic E-state index is 10.8. The van der Waals surface area contributed by atoms with Crippen molar-refractivity contribution in [3.05, 3.63) is 29.8 Å².